The van der Waals surface area contributed by atoms with Crippen molar-refractivity contribution in [3.8, 4) is 0 Å². The van der Waals surface area contributed by atoms with Gasteiger partial charge in [0.05, 0.1) is 0 Å². The molecule has 1 saturated heterocycles. The highest BCUT2D eigenvalue weighted by Gasteiger charge is 2.25. The molecule has 78 valence electrons. The Kier molecular flexibility index (Phi) is 2.20. The molecule has 0 saturated carbocycles. The number of carbonyl (C=O) groups excluding carboxylic acids is 2. The lowest BCUT2D eigenvalue weighted by molar-refractivity contribution is -0.135. The van der Waals surface area contributed by atoms with E-state index in [1.807, 2.05) is 0 Å². The van der Waals surface area contributed by atoms with E-state index in [1.54, 1.807) is 19.3 Å². The molecule has 7 nitrogen and oxygen atoms in total. The number of hydrogen-bond donors (Lipinski definition) is 3. The van der Waals surface area contributed by atoms with Crippen molar-refractivity contribution in [1.29, 1.82) is 0 Å². The fourth-order valence-electron chi connectivity index (χ4n) is 1.19. The van der Waals surface area contributed by atoms with Crippen LogP contribution in [0.2, 0.25) is 0 Å². The minimum Gasteiger partial charge on any atom is -0.347 e. The highest BCUT2D eigenvalue weighted by Crippen LogP contribution is 2.10. The van der Waals surface area contributed by atoms with Crippen LogP contribution >= 0.6 is 0 Å². The monoisotopic (exact) mass is 207 g/mol. The zero-order valence-electron chi connectivity index (χ0n) is 7.94. The van der Waals surface area contributed by atoms with E-state index in [2.05, 4.69) is 25.6 Å². The molecule has 1 aromatic heterocycles. The van der Waals surface area contributed by atoms with Crippen molar-refractivity contribution >= 4 is 17.8 Å². The van der Waals surface area contributed by atoms with Crippen molar-refractivity contribution in [2.45, 2.75) is 13.0 Å². The molecule has 15 heavy (non-hydrogen) atoms. The topological polar surface area (TPSA) is 99.2 Å². The average Bonchev–Trinajstić information content (AvgIpc) is 2.77. The number of amides is 2. The molecule has 2 amide bonds. The number of aromatic nitrogens is 2. The smallest absolute Gasteiger partial charge is 0.316 e. The Morgan fingerprint density at radius 3 is 2.53 bits per heavy atom. The van der Waals surface area contributed by atoms with Gasteiger partial charge in [-0.05, 0) is 6.92 Å². The van der Waals surface area contributed by atoms with Gasteiger partial charge in [-0.3, -0.25) is 20.2 Å². The first-order valence-corrected chi connectivity index (χ1v) is 4.36. The van der Waals surface area contributed by atoms with Crippen LogP contribution < -0.4 is 10.6 Å². The summed E-state index contributed by atoms with van der Waals surface area (Å²) >= 11 is 0. The fourth-order valence-corrected chi connectivity index (χ4v) is 1.19. The van der Waals surface area contributed by atoms with E-state index in [1.165, 1.54) is 0 Å². The van der Waals surface area contributed by atoms with E-state index in [4.69, 9.17) is 0 Å². The summed E-state index contributed by atoms with van der Waals surface area (Å²) in [5.74, 6) is -0.562. The van der Waals surface area contributed by atoms with E-state index < -0.39 is 11.8 Å². The molecule has 7 heteroatoms. The van der Waals surface area contributed by atoms with Gasteiger partial charge in [0.15, 0.2) is 0 Å². The Bertz CT molecular complexity index is 404. The predicted octanol–water partition coefficient (Wildman–Crippen LogP) is -0.927. The summed E-state index contributed by atoms with van der Waals surface area (Å²) in [6, 6.07) is -0.256. The first kappa shape index (κ1) is 9.38. The van der Waals surface area contributed by atoms with Gasteiger partial charge >= 0.3 is 11.8 Å². The molecule has 1 atom stereocenters. The van der Waals surface area contributed by atoms with Gasteiger partial charge in [-0.25, -0.2) is 9.98 Å². The molecule has 1 aliphatic rings. The number of rotatable bonds is 2. The molecule has 0 aliphatic carbocycles. The first-order chi connectivity index (χ1) is 7.16. The standard InChI is InChI=1S/C8H9N5O2/c1-4(5-9-2-3-10-5)11-8-12-6(14)7(15)13-8/h2-4H,1H3,(H,9,10)(H2,11,12,13,14,15). The van der Waals surface area contributed by atoms with Crippen LogP contribution in [0.1, 0.15) is 18.8 Å². The van der Waals surface area contributed by atoms with Crippen LogP contribution in [-0.2, 0) is 9.59 Å². The molecule has 0 aromatic carbocycles. The Morgan fingerprint density at radius 1 is 1.33 bits per heavy atom. The molecular weight excluding hydrogens is 198 g/mol. The molecule has 2 rings (SSSR count). The highest BCUT2D eigenvalue weighted by atomic mass is 16.2. The molecule has 0 radical (unpaired) electrons. The van der Waals surface area contributed by atoms with E-state index in [-0.39, 0.29) is 12.0 Å². The Labute approximate surface area is 85.0 Å². The van der Waals surface area contributed by atoms with Crippen molar-refractivity contribution < 1.29 is 9.59 Å². The molecule has 3 N–H and O–H groups in total. The number of carbonyl (C=O) groups is 2. The highest BCUT2D eigenvalue weighted by molar-refractivity contribution is 6.45. The van der Waals surface area contributed by atoms with Crippen LogP contribution in [0.25, 0.3) is 0 Å². The van der Waals surface area contributed by atoms with Gasteiger partial charge in [-0.15, -0.1) is 0 Å². The van der Waals surface area contributed by atoms with Crippen LogP contribution in [-0.4, -0.2) is 27.7 Å². The normalized spacial score (nSPS) is 17.3. The van der Waals surface area contributed by atoms with Crippen LogP contribution in [0.3, 0.4) is 0 Å². The number of nitrogens with one attached hydrogen (secondary N) is 3. The van der Waals surface area contributed by atoms with E-state index in [0.717, 1.165) is 0 Å². The third kappa shape index (κ3) is 1.85. The maximum absolute atomic E-state index is 10.8. The number of aromatic amines is 1. The van der Waals surface area contributed by atoms with Crippen LogP contribution in [0, 0.1) is 0 Å². The number of H-pyrrole nitrogens is 1. The fraction of sp³-hybridized carbons (Fsp3) is 0.250. The summed E-state index contributed by atoms with van der Waals surface area (Å²) in [5.41, 5.74) is 0. The molecule has 1 fully saturated rings. The van der Waals surface area contributed by atoms with Gasteiger partial charge in [0.25, 0.3) is 0 Å². The van der Waals surface area contributed by atoms with Crippen molar-refractivity contribution in [3.63, 3.8) is 0 Å². The number of guanidine groups is 1. The SMILES string of the molecule is CC(N=C1NC(=O)C(=O)N1)c1ncc[nH]1. The maximum Gasteiger partial charge on any atom is 0.316 e. The number of imidazole rings is 1. The lowest BCUT2D eigenvalue weighted by Crippen LogP contribution is -2.26. The molecule has 1 aromatic rings. The van der Waals surface area contributed by atoms with Gasteiger partial charge in [0.1, 0.15) is 11.9 Å². The minimum atomic E-state index is -0.694. The van der Waals surface area contributed by atoms with Crippen molar-refractivity contribution in [1.82, 2.24) is 20.6 Å². The number of aliphatic imine (C=N–C) groups is 1. The molecule has 0 spiro atoms. The van der Waals surface area contributed by atoms with Crippen molar-refractivity contribution in [2.75, 3.05) is 0 Å². The molecule has 2 heterocycles. The van der Waals surface area contributed by atoms with E-state index in [0.29, 0.717) is 5.82 Å². The lowest BCUT2D eigenvalue weighted by atomic mass is 10.3. The third-order valence-electron chi connectivity index (χ3n) is 1.91. The number of nitrogens with zero attached hydrogens (tertiary/aromatic N) is 2. The Morgan fingerprint density at radius 2 is 2.00 bits per heavy atom. The first-order valence-electron chi connectivity index (χ1n) is 4.36. The third-order valence-corrected chi connectivity index (χ3v) is 1.91. The summed E-state index contributed by atoms with van der Waals surface area (Å²) in [6.07, 6.45) is 3.29. The second-order valence-electron chi connectivity index (χ2n) is 3.04. The summed E-state index contributed by atoms with van der Waals surface area (Å²) in [5, 5.41) is 4.61. The predicted molar refractivity (Wildman–Crippen MR) is 50.7 cm³/mol. The number of hydrogen-bond acceptors (Lipinski definition) is 4. The molecular formula is C8H9N5O2. The summed E-state index contributed by atoms with van der Waals surface area (Å²) in [7, 11) is 0. The van der Waals surface area contributed by atoms with E-state index in [9.17, 15) is 9.59 Å². The minimum absolute atomic E-state index is 0.161. The van der Waals surface area contributed by atoms with E-state index >= 15 is 0 Å². The summed E-state index contributed by atoms with van der Waals surface area (Å²) in [6.45, 7) is 1.79. The maximum atomic E-state index is 10.8. The van der Waals surface area contributed by atoms with Crippen LogP contribution in [0.5, 0.6) is 0 Å². The largest absolute Gasteiger partial charge is 0.347 e. The second-order valence-corrected chi connectivity index (χ2v) is 3.04. The summed E-state index contributed by atoms with van der Waals surface area (Å²) < 4.78 is 0. The summed E-state index contributed by atoms with van der Waals surface area (Å²) in [4.78, 5) is 32.6. The quantitative estimate of drug-likeness (QED) is 0.546. The van der Waals surface area contributed by atoms with Gasteiger partial charge in [0.2, 0.25) is 5.96 Å². The van der Waals surface area contributed by atoms with Crippen molar-refractivity contribution in [2.24, 2.45) is 4.99 Å². The Hall–Kier alpha value is -2.18. The van der Waals surface area contributed by atoms with Gasteiger partial charge < -0.3 is 4.98 Å². The van der Waals surface area contributed by atoms with Crippen LogP contribution in [0.15, 0.2) is 17.4 Å². The second kappa shape index (κ2) is 3.52. The van der Waals surface area contributed by atoms with Gasteiger partial charge in [-0.2, -0.15) is 0 Å². The molecule has 1 aliphatic heterocycles. The zero-order valence-corrected chi connectivity index (χ0v) is 7.94. The Balaban J connectivity index is 2.11. The van der Waals surface area contributed by atoms with Gasteiger partial charge in [0, 0.05) is 12.4 Å². The zero-order chi connectivity index (χ0) is 10.8. The van der Waals surface area contributed by atoms with Crippen molar-refractivity contribution in [3.05, 3.63) is 18.2 Å². The average molecular weight is 207 g/mol. The molecule has 0 bridgehead atoms. The lowest BCUT2D eigenvalue weighted by Gasteiger charge is -2.03. The van der Waals surface area contributed by atoms with Crippen LogP contribution in [0.4, 0.5) is 0 Å². The molecule has 1 unspecified atom stereocenters. The van der Waals surface area contributed by atoms with Gasteiger partial charge in [-0.1, -0.05) is 0 Å².